The van der Waals surface area contributed by atoms with E-state index in [1.54, 1.807) is 18.3 Å². The molecule has 2 heterocycles. The number of amides is 1. The zero-order chi connectivity index (χ0) is 14.3. The van der Waals surface area contributed by atoms with Crippen molar-refractivity contribution >= 4 is 24.5 Å². The lowest BCUT2D eigenvalue weighted by molar-refractivity contribution is 0.00578. The van der Waals surface area contributed by atoms with Crippen molar-refractivity contribution in [3.05, 3.63) is 18.3 Å². The molecule has 1 amide bonds. The summed E-state index contributed by atoms with van der Waals surface area (Å²) in [6, 6.07) is 3.31. The zero-order valence-corrected chi connectivity index (χ0v) is 11.4. The molecule has 0 saturated carbocycles. The SMILES string of the molecule is CC1(C)OB(c2ccc(NC(=O)O)nc2)OC1(C)C. The van der Waals surface area contributed by atoms with Crippen molar-refractivity contribution in [2.24, 2.45) is 0 Å². The third-order valence-electron chi connectivity index (χ3n) is 3.55. The number of pyridine rings is 1. The van der Waals surface area contributed by atoms with Crippen LogP contribution in [-0.2, 0) is 9.31 Å². The lowest BCUT2D eigenvalue weighted by atomic mass is 9.80. The highest BCUT2D eigenvalue weighted by molar-refractivity contribution is 6.62. The summed E-state index contributed by atoms with van der Waals surface area (Å²) in [5, 5.41) is 10.8. The van der Waals surface area contributed by atoms with E-state index >= 15 is 0 Å². The minimum absolute atomic E-state index is 0.271. The van der Waals surface area contributed by atoms with E-state index < -0.39 is 24.4 Å². The van der Waals surface area contributed by atoms with Gasteiger partial charge in [0, 0.05) is 11.7 Å². The molecule has 0 atom stereocenters. The van der Waals surface area contributed by atoms with Crippen molar-refractivity contribution < 1.29 is 19.2 Å². The Morgan fingerprint density at radius 2 is 1.84 bits per heavy atom. The lowest BCUT2D eigenvalue weighted by Gasteiger charge is -2.32. The highest BCUT2D eigenvalue weighted by atomic mass is 16.7. The molecule has 0 aliphatic carbocycles. The van der Waals surface area contributed by atoms with Gasteiger partial charge in [-0.25, -0.2) is 9.78 Å². The van der Waals surface area contributed by atoms with E-state index in [0.29, 0.717) is 0 Å². The summed E-state index contributed by atoms with van der Waals surface area (Å²) in [7, 11) is -0.489. The number of aromatic nitrogens is 1. The maximum Gasteiger partial charge on any atom is 0.496 e. The number of hydrogen-bond donors (Lipinski definition) is 2. The van der Waals surface area contributed by atoms with Gasteiger partial charge in [0.15, 0.2) is 0 Å². The molecule has 1 aromatic heterocycles. The smallest absolute Gasteiger partial charge is 0.465 e. The molecule has 7 heteroatoms. The summed E-state index contributed by atoms with van der Waals surface area (Å²) in [5.74, 6) is 0.271. The van der Waals surface area contributed by atoms with Crippen LogP contribution < -0.4 is 10.8 Å². The molecule has 2 N–H and O–H groups in total. The summed E-state index contributed by atoms with van der Waals surface area (Å²) in [6.45, 7) is 7.89. The van der Waals surface area contributed by atoms with Crippen LogP contribution in [0, 0.1) is 0 Å². The molecule has 102 valence electrons. The van der Waals surface area contributed by atoms with Crippen LogP contribution in [0.25, 0.3) is 0 Å². The van der Waals surface area contributed by atoms with Gasteiger partial charge in [0.1, 0.15) is 5.82 Å². The van der Waals surface area contributed by atoms with Gasteiger partial charge in [-0.15, -0.1) is 0 Å². The van der Waals surface area contributed by atoms with Gasteiger partial charge in [-0.1, -0.05) is 6.07 Å². The fourth-order valence-corrected chi connectivity index (χ4v) is 1.71. The number of hydrogen-bond acceptors (Lipinski definition) is 4. The molecule has 1 aliphatic rings. The second-order valence-corrected chi connectivity index (χ2v) is 5.50. The normalized spacial score (nSPS) is 20.3. The average molecular weight is 264 g/mol. The zero-order valence-electron chi connectivity index (χ0n) is 11.4. The topological polar surface area (TPSA) is 80.7 Å². The minimum atomic E-state index is -1.14. The largest absolute Gasteiger partial charge is 0.496 e. The van der Waals surface area contributed by atoms with Crippen LogP contribution in [0.4, 0.5) is 10.6 Å². The molecule has 0 unspecified atom stereocenters. The first-order chi connectivity index (χ1) is 8.71. The number of rotatable bonds is 2. The van der Waals surface area contributed by atoms with Crippen molar-refractivity contribution in [1.29, 1.82) is 0 Å². The quantitative estimate of drug-likeness (QED) is 0.790. The van der Waals surface area contributed by atoms with Crippen molar-refractivity contribution in [2.75, 3.05) is 5.32 Å². The number of nitrogens with zero attached hydrogens (tertiary/aromatic N) is 1. The van der Waals surface area contributed by atoms with E-state index in [0.717, 1.165) is 5.46 Å². The maximum atomic E-state index is 10.5. The molecular weight excluding hydrogens is 247 g/mol. The molecule has 6 nitrogen and oxygen atoms in total. The van der Waals surface area contributed by atoms with E-state index in [9.17, 15) is 4.79 Å². The minimum Gasteiger partial charge on any atom is -0.465 e. The van der Waals surface area contributed by atoms with Crippen molar-refractivity contribution in [3.8, 4) is 0 Å². The second-order valence-electron chi connectivity index (χ2n) is 5.50. The summed E-state index contributed by atoms with van der Waals surface area (Å²) in [5.41, 5.74) is -0.0553. The number of carboxylic acid groups (broad SMARTS) is 1. The molecule has 0 spiro atoms. The maximum absolute atomic E-state index is 10.5. The predicted molar refractivity (Wildman–Crippen MR) is 71.6 cm³/mol. The Bertz CT molecular complexity index is 471. The molecule has 1 aliphatic heterocycles. The molecular formula is C12H17BN2O4. The van der Waals surface area contributed by atoms with Crippen LogP contribution in [-0.4, -0.2) is 34.5 Å². The molecule has 1 saturated heterocycles. The van der Waals surface area contributed by atoms with Gasteiger partial charge in [-0.05, 0) is 33.8 Å². The van der Waals surface area contributed by atoms with Crippen molar-refractivity contribution in [3.63, 3.8) is 0 Å². The van der Waals surface area contributed by atoms with Gasteiger partial charge in [-0.2, -0.15) is 0 Å². The van der Waals surface area contributed by atoms with Gasteiger partial charge < -0.3 is 14.4 Å². The molecule has 0 aromatic carbocycles. The van der Waals surface area contributed by atoms with E-state index in [1.807, 2.05) is 27.7 Å². The molecule has 19 heavy (non-hydrogen) atoms. The van der Waals surface area contributed by atoms with Gasteiger partial charge in [0.2, 0.25) is 0 Å². The standard InChI is InChI=1S/C12H17BN2O4/c1-11(2)12(3,4)19-13(18-11)8-5-6-9(14-7-8)15-10(16)17/h5-7H,1-4H3,(H,14,15)(H,16,17). The first kappa shape index (κ1) is 13.8. The Kier molecular flexibility index (Phi) is 3.28. The van der Waals surface area contributed by atoms with Gasteiger partial charge in [-0.3, -0.25) is 5.32 Å². The Labute approximate surface area is 112 Å². The Morgan fingerprint density at radius 1 is 1.26 bits per heavy atom. The van der Waals surface area contributed by atoms with Crippen LogP contribution in [0.3, 0.4) is 0 Å². The number of carbonyl (C=O) groups is 1. The van der Waals surface area contributed by atoms with Crippen molar-refractivity contribution in [1.82, 2.24) is 4.98 Å². The van der Waals surface area contributed by atoms with Crippen LogP contribution in [0.5, 0.6) is 0 Å². The second kappa shape index (κ2) is 4.50. The van der Waals surface area contributed by atoms with Crippen LogP contribution >= 0.6 is 0 Å². The Balaban J connectivity index is 2.14. The van der Waals surface area contributed by atoms with Crippen LogP contribution in [0.15, 0.2) is 18.3 Å². The predicted octanol–water partition coefficient (Wildman–Crippen LogP) is 1.47. The lowest BCUT2D eigenvalue weighted by Crippen LogP contribution is -2.41. The van der Waals surface area contributed by atoms with Gasteiger partial charge >= 0.3 is 13.2 Å². The first-order valence-corrected chi connectivity index (χ1v) is 6.03. The molecule has 1 aromatic rings. The summed E-state index contributed by atoms with van der Waals surface area (Å²) < 4.78 is 11.7. The fourth-order valence-electron chi connectivity index (χ4n) is 1.71. The summed E-state index contributed by atoms with van der Waals surface area (Å²) in [6.07, 6.45) is 0.406. The highest BCUT2D eigenvalue weighted by Crippen LogP contribution is 2.36. The average Bonchev–Trinajstić information content (AvgIpc) is 2.48. The number of nitrogens with one attached hydrogen (secondary N) is 1. The highest BCUT2D eigenvalue weighted by Gasteiger charge is 2.51. The van der Waals surface area contributed by atoms with Gasteiger partial charge in [0.05, 0.1) is 11.2 Å². The summed E-state index contributed by atoms with van der Waals surface area (Å²) in [4.78, 5) is 14.5. The third-order valence-corrected chi connectivity index (χ3v) is 3.55. The monoisotopic (exact) mass is 264 g/mol. The van der Waals surface area contributed by atoms with Crippen LogP contribution in [0.2, 0.25) is 0 Å². The van der Waals surface area contributed by atoms with E-state index in [1.165, 1.54) is 0 Å². The first-order valence-electron chi connectivity index (χ1n) is 6.03. The fraction of sp³-hybridized carbons (Fsp3) is 0.500. The summed E-state index contributed by atoms with van der Waals surface area (Å²) >= 11 is 0. The Morgan fingerprint density at radius 3 is 2.26 bits per heavy atom. The molecule has 0 radical (unpaired) electrons. The molecule has 2 rings (SSSR count). The molecule has 0 bridgehead atoms. The van der Waals surface area contributed by atoms with Gasteiger partial charge in [0.25, 0.3) is 0 Å². The Hall–Kier alpha value is -1.60. The van der Waals surface area contributed by atoms with Crippen LogP contribution in [0.1, 0.15) is 27.7 Å². The number of anilines is 1. The van der Waals surface area contributed by atoms with E-state index in [-0.39, 0.29) is 5.82 Å². The van der Waals surface area contributed by atoms with E-state index in [2.05, 4.69) is 10.3 Å². The van der Waals surface area contributed by atoms with E-state index in [4.69, 9.17) is 14.4 Å². The van der Waals surface area contributed by atoms with Crippen molar-refractivity contribution in [2.45, 2.75) is 38.9 Å². The molecule has 1 fully saturated rings. The third kappa shape index (κ3) is 2.72.